The van der Waals surface area contributed by atoms with Crippen LogP contribution in [0.2, 0.25) is 0 Å². The molecule has 0 saturated carbocycles. The zero-order valence-electron chi connectivity index (χ0n) is 11.2. The number of methoxy groups -OCH3 is 1. The van der Waals surface area contributed by atoms with Crippen molar-refractivity contribution in [2.24, 2.45) is 0 Å². The van der Waals surface area contributed by atoms with Crippen molar-refractivity contribution in [2.45, 2.75) is 26.6 Å². The van der Waals surface area contributed by atoms with Gasteiger partial charge in [0.1, 0.15) is 0 Å². The first-order valence-corrected chi connectivity index (χ1v) is 6.06. The topological polar surface area (TPSA) is 71.6 Å². The Labute approximate surface area is 111 Å². The number of benzene rings is 1. The second kappa shape index (κ2) is 5.32. The number of hydrogen-bond acceptors (Lipinski definition) is 3. The molecule has 1 aromatic carbocycles. The fraction of sp³-hybridized carbons (Fsp3) is 0.357. The van der Waals surface area contributed by atoms with Crippen molar-refractivity contribution >= 4 is 16.9 Å². The fourth-order valence-corrected chi connectivity index (χ4v) is 1.98. The van der Waals surface area contributed by atoms with E-state index in [2.05, 4.69) is 4.98 Å². The molecule has 0 aliphatic rings. The summed E-state index contributed by atoms with van der Waals surface area (Å²) in [7, 11) is 1.62. The van der Waals surface area contributed by atoms with Crippen LogP contribution < -0.4 is 4.74 Å². The Kier molecular flexibility index (Phi) is 3.76. The van der Waals surface area contributed by atoms with Gasteiger partial charge in [0.25, 0.3) is 0 Å². The van der Waals surface area contributed by atoms with Crippen molar-refractivity contribution in [3.63, 3.8) is 0 Å². The minimum absolute atomic E-state index is 0.0817. The van der Waals surface area contributed by atoms with Crippen LogP contribution in [0.3, 0.4) is 0 Å². The summed E-state index contributed by atoms with van der Waals surface area (Å²) in [5.74, 6) is -0.643. The highest BCUT2D eigenvalue weighted by Crippen LogP contribution is 2.32. The number of ether oxygens (including phenoxy) is 2. The Hall–Kier alpha value is -2.01. The molecule has 0 bridgehead atoms. The van der Waals surface area contributed by atoms with E-state index in [1.54, 1.807) is 7.11 Å². The maximum atomic E-state index is 11.2. The Morgan fingerprint density at radius 3 is 2.74 bits per heavy atom. The normalized spacial score (nSPS) is 11.2. The third-order valence-corrected chi connectivity index (χ3v) is 2.69. The van der Waals surface area contributed by atoms with E-state index < -0.39 is 5.97 Å². The highest BCUT2D eigenvalue weighted by molar-refractivity contribution is 6.00. The smallest absolute Gasteiger partial charge is 0.356 e. The number of fused-ring (bicyclic) bond motifs is 1. The molecule has 2 aromatic rings. The van der Waals surface area contributed by atoms with E-state index in [1.165, 1.54) is 0 Å². The second-order valence-corrected chi connectivity index (χ2v) is 4.61. The molecule has 0 aliphatic carbocycles. The van der Waals surface area contributed by atoms with Gasteiger partial charge in [-0.15, -0.1) is 0 Å². The average Bonchev–Trinajstić information content (AvgIpc) is 2.68. The summed E-state index contributed by atoms with van der Waals surface area (Å²) in [5, 5.41) is 9.98. The largest absolute Gasteiger partial charge is 0.488 e. The van der Waals surface area contributed by atoms with Gasteiger partial charge in [-0.1, -0.05) is 6.07 Å². The van der Waals surface area contributed by atoms with Gasteiger partial charge in [0, 0.05) is 18.0 Å². The molecule has 1 heterocycles. The first-order valence-electron chi connectivity index (χ1n) is 6.06. The minimum atomic E-state index is -1.03. The maximum Gasteiger partial charge on any atom is 0.356 e. The van der Waals surface area contributed by atoms with Crippen LogP contribution in [0.25, 0.3) is 10.9 Å². The zero-order valence-corrected chi connectivity index (χ0v) is 11.2. The number of H-pyrrole nitrogens is 1. The molecule has 0 unspecified atom stereocenters. The molecule has 0 spiro atoms. The molecule has 102 valence electrons. The van der Waals surface area contributed by atoms with Gasteiger partial charge in [-0.3, -0.25) is 0 Å². The summed E-state index contributed by atoms with van der Waals surface area (Å²) in [6.45, 7) is 4.21. The van der Waals surface area contributed by atoms with Gasteiger partial charge in [0.2, 0.25) is 0 Å². The van der Waals surface area contributed by atoms with Crippen molar-refractivity contribution in [1.29, 1.82) is 0 Å². The molecule has 0 saturated heterocycles. The van der Waals surface area contributed by atoms with Gasteiger partial charge in [0.05, 0.1) is 12.7 Å². The standard InChI is InChI=1S/C14H17NO4/c1-8(2)19-13-10-6-9(7-18-3)4-5-11(10)15-12(13)14(16)17/h4-6,8,15H,7H2,1-3H3,(H,16,17). The lowest BCUT2D eigenvalue weighted by molar-refractivity contribution is 0.0685. The number of hydrogen-bond donors (Lipinski definition) is 2. The highest BCUT2D eigenvalue weighted by atomic mass is 16.5. The van der Waals surface area contributed by atoms with E-state index in [9.17, 15) is 9.90 Å². The van der Waals surface area contributed by atoms with E-state index in [0.29, 0.717) is 12.4 Å². The predicted octanol–water partition coefficient (Wildman–Crippen LogP) is 2.80. The lowest BCUT2D eigenvalue weighted by atomic mass is 10.1. The Morgan fingerprint density at radius 1 is 1.42 bits per heavy atom. The lowest BCUT2D eigenvalue weighted by Gasteiger charge is -2.10. The Balaban J connectivity index is 2.59. The quantitative estimate of drug-likeness (QED) is 0.870. The average molecular weight is 263 g/mol. The van der Waals surface area contributed by atoms with E-state index in [0.717, 1.165) is 16.5 Å². The van der Waals surface area contributed by atoms with Crippen molar-refractivity contribution in [1.82, 2.24) is 4.98 Å². The summed E-state index contributed by atoms with van der Waals surface area (Å²) in [6, 6.07) is 5.62. The third kappa shape index (κ3) is 2.71. The minimum Gasteiger partial charge on any atom is -0.488 e. The summed E-state index contributed by atoms with van der Waals surface area (Å²) in [5.41, 5.74) is 1.80. The van der Waals surface area contributed by atoms with Crippen LogP contribution in [0, 0.1) is 0 Å². The van der Waals surface area contributed by atoms with Crippen LogP contribution in [-0.4, -0.2) is 29.3 Å². The van der Waals surface area contributed by atoms with Crippen molar-refractivity contribution in [2.75, 3.05) is 7.11 Å². The summed E-state index contributed by atoms with van der Waals surface area (Å²) >= 11 is 0. The molecule has 2 rings (SSSR count). The van der Waals surface area contributed by atoms with Gasteiger partial charge in [-0.25, -0.2) is 4.79 Å². The van der Waals surface area contributed by atoms with E-state index >= 15 is 0 Å². The predicted molar refractivity (Wildman–Crippen MR) is 71.7 cm³/mol. The first kappa shape index (κ1) is 13.4. The Bertz CT molecular complexity index is 601. The molecular weight excluding hydrogens is 246 g/mol. The van der Waals surface area contributed by atoms with E-state index in [-0.39, 0.29) is 11.8 Å². The summed E-state index contributed by atoms with van der Waals surface area (Å²) < 4.78 is 10.7. The molecule has 0 aliphatic heterocycles. The van der Waals surface area contributed by atoms with Gasteiger partial charge >= 0.3 is 5.97 Å². The number of carbonyl (C=O) groups is 1. The molecule has 2 N–H and O–H groups in total. The third-order valence-electron chi connectivity index (χ3n) is 2.69. The number of aromatic carboxylic acids is 1. The van der Waals surface area contributed by atoms with Crippen molar-refractivity contribution < 1.29 is 19.4 Å². The molecule has 5 heteroatoms. The number of nitrogens with one attached hydrogen (secondary N) is 1. The number of carboxylic acids is 1. The molecule has 5 nitrogen and oxygen atoms in total. The molecule has 19 heavy (non-hydrogen) atoms. The molecular formula is C14H17NO4. The molecule has 1 aromatic heterocycles. The van der Waals surface area contributed by atoms with Crippen LogP contribution >= 0.6 is 0 Å². The Morgan fingerprint density at radius 2 is 2.16 bits per heavy atom. The molecule has 0 amide bonds. The maximum absolute atomic E-state index is 11.2. The monoisotopic (exact) mass is 263 g/mol. The molecule has 0 radical (unpaired) electrons. The summed E-state index contributed by atoms with van der Waals surface area (Å²) in [4.78, 5) is 14.1. The molecule has 0 fully saturated rings. The molecule has 0 atom stereocenters. The number of rotatable bonds is 5. The van der Waals surface area contributed by atoms with Crippen LogP contribution in [0.1, 0.15) is 29.9 Å². The fourth-order valence-electron chi connectivity index (χ4n) is 1.98. The number of carboxylic acid groups (broad SMARTS) is 1. The van der Waals surface area contributed by atoms with E-state index in [1.807, 2.05) is 32.0 Å². The first-order chi connectivity index (χ1) is 9.02. The van der Waals surface area contributed by atoms with Crippen LogP contribution in [0.5, 0.6) is 5.75 Å². The van der Waals surface area contributed by atoms with Gasteiger partial charge < -0.3 is 19.6 Å². The van der Waals surface area contributed by atoms with Crippen LogP contribution in [-0.2, 0) is 11.3 Å². The van der Waals surface area contributed by atoms with Crippen molar-refractivity contribution in [3.05, 3.63) is 29.5 Å². The SMILES string of the molecule is COCc1ccc2[nH]c(C(=O)O)c(OC(C)C)c2c1. The number of aromatic amines is 1. The highest BCUT2D eigenvalue weighted by Gasteiger charge is 2.19. The van der Waals surface area contributed by atoms with Gasteiger partial charge in [-0.2, -0.15) is 0 Å². The lowest BCUT2D eigenvalue weighted by Crippen LogP contribution is -2.09. The zero-order chi connectivity index (χ0) is 14.0. The van der Waals surface area contributed by atoms with Crippen LogP contribution in [0.15, 0.2) is 18.2 Å². The van der Waals surface area contributed by atoms with E-state index in [4.69, 9.17) is 9.47 Å². The van der Waals surface area contributed by atoms with Crippen molar-refractivity contribution in [3.8, 4) is 5.75 Å². The van der Waals surface area contributed by atoms with Crippen LogP contribution in [0.4, 0.5) is 0 Å². The van der Waals surface area contributed by atoms with Gasteiger partial charge in [0.15, 0.2) is 11.4 Å². The summed E-state index contributed by atoms with van der Waals surface area (Å²) in [6.07, 6.45) is -0.0943. The second-order valence-electron chi connectivity index (χ2n) is 4.61. The van der Waals surface area contributed by atoms with Gasteiger partial charge in [-0.05, 0) is 31.5 Å². The number of aromatic nitrogens is 1.